The fourth-order valence-electron chi connectivity index (χ4n) is 3.73. The van der Waals surface area contributed by atoms with Crippen molar-refractivity contribution in [1.29, 1.82) is 0 Å². The molecular weight excluding hydrogens is 406 g/mol. The van der Waals surface area contributed by atoms with Crippen molar-refractivity contribution in [3.05, 3.63) is 95.6 Å². The van der Waals surface area contributed by atoms with Crippen LogP contribution in [0.25, 0.3) is 5.76 Å². The van der Waals surface area contributed by atoms with E-state index in [2.05, 4.69) is 9.97 Å². The normalized spacial score (nSPS) is 17.5. The van der Waals surface area contributed by atoms with Crippen LogP contribution in [0.15, 0.2) is 78.9 Å². The van der Waals surface area contributed by atoms with Gasteiger partial charge in [-0.1, -0.05) is 24.8 Å². The van der Waals surface area contributed by atoms with Crippen LogP contribution in [0.5, 0.6) is 5.75 Å². The summed E-state index contributed by atoms with van der Waals surface area (Å²) >= 11 is 0. The van der Waals surface area contributed by atoms with Gasteiger partial charge in [0.1, 0.15) is 5.75 Å². The van der Waals surface area contributed by atoms with Gasteiger partial charge < -0.3 is 14.7 Å². The number of aromatic amines is 1. The lowest BCUT2D eigenvalue weighted by Gasteiger charge is -2.27. The van der Waals surface area contributed by atoms with E-state index in [0.29, 0.717) is 23.5 Å². The number of hydrogen-bond donors (Lipinski definition) is 0. The number of amides is 1. The Kier molecular flexibility index (Phi) is 6.26. The molecule has 4 rings (SSSR count). The van der Waals surface area contributed by atoms with Crippen molar-refractivity contribution in [2.75, 3.05) is 6.61 Å². The lowest BCUT2D eigenvalue weighted by molar-refractivity contribution is -0.378. The summed E-state index contributed by atoms with van der Waals surface area (Å²) in [4.78, 5) is 34.4. The van der Waals surface area contributed by atoms with Crippen LogP contribution in [0, 0.1) is 0 Å². The summed E-state index contributed by atoms with van der Waals surface area (Å²) in [5, 5.41) is 13.4. The Morgan fingerprint density at radius 1 is 1.12 bits per heavy atom. The maximum absolute atomic E-state index is 13.4. The molecule has 3 heterocycles. The molecule has 1 aromatic carbocycles. The van der Waals surface area contributed by atoms with Gasteiger partial charge in [0.05, 0.1) is 19.2 Å². The zero-order chi connectivity index (χ0) is 22.5. The molecule has 0 bridgehead atoms. The topological polar surface area (TPSA) is 96.7 Å². The number of Topliss-reactive ketones (excluding diaryl/α,β-unsaturated/α-hetero) is 1. The SMILES string of the molecule is CCCOc1ccc(/C([O-])=C2\C(=O)C(=O)N(Cc3ccc[nH+]c3)C2c2ccncc2)cc1. The van der Waals surface area contributed by atoms with E-state index < -0.39 is 23.5 Å². The van der Waals surface area contributed by atoms with Crippen molar-refractivity contribution in [3.8, 4) is 5.75 Å². The molecule has 1 aliphatic rings. The number of aromatic nitrogens is 2. The molecule has 1 amide bonds. The van der Waals surface area contributed by atoms with Crippen LogP contribution in [0.3, 0.4) is 0 Å². The summed E-state index contributed by atoms with van der Waals surface area (Å²) in [7, 11) is 0. The van der Waals surface area contributed by atoms with Gasteiger partial charge in [-0.3, -0.25) is 14.6 Å². The Hall–Kier alpha value is -4.00. The lowest BCUT2D eigenvalue weighted by atomic mass is 9.96. The maximum atomic E-state index is 13.4. The number of rotatable bonds is 7. The molecule has 0 radical (unpaired) electrons. The Bertz CT molecular complexity index is 1130. The highest BCUT2D eigenvalue weighted by Crippen LogP contribution is 2.39. The zero-order valence-electron chi connectivity index (χ0n) is 17.7. The average Bonchev–Trinajstić information content (AvgIpc) is 3.09. The second-order valence-electron chi connectivity index (χ2n) is 7.47. The average molecular weight is 429 g/mol. The van der Waals surface area contributed by atoms with Crippen LogP contribution >= 0.6 is 0 Å². The quantitative estimate of drug-likeness (QED) is 0.326. The highest BCUT2D eigenvalue weighted by Gasteiger charge is 2.44. The highest BCUT2D eigenvalue weighted by molar-refractivity contribution is 6.46. The Morgan fingerprint density at radius 3 is 2.53 bits per heavy atom. The van der Waals surface area contributed by atoms with E-state index in [1.54, 1.807) is 61.2 Å². The number of ether oxygens (including phenoxy) is 1. The number of nitrogens with zero attached hydrogens (tertiary/aromatic N) is 2. The van der Waals surface area contributed by atoms with Gasteiger partial charge in [0.15, 0.2) is 12.4 Å². The minimum absolute atomic E-state index is 0.0525. The Balaban J connectivity index is 1.76. The minimum atomic E-state index is -0.790. The van der Waals surface area contributed by atoms with E-state index >= 15 is 0 Å². The van der Waals surface area contributed by atoms with Crippen molar-refractivity contribution in [2.24, 2.45) is 0 Å². The van der Waals surface area contributed by atoms with Crippen LogP contribution in [0.2, 0.25) is 0 Å². The van der Waals surface area contributed by atoms with Gasteiger partial charge >= 0.3 is 0 Å². The molecule has 0 spiro atoms. The van der Waals surface area contributed by atoms with E-state index in [1.165, 1.54) is 4.90 Å². The molecule has 1 aliphatic heterocycles. The second-order valence-corrected chi connectivity index (χ2v) is 7.47. The van der Waals surface area contributed by atoms with Gasteiger partial charge in [-0.2, -0.15) is 0 Å². The first-order chi connectivity index (χ1) is 15.6. The molecule has 162 valence electrons. The van der Waals surface area contributed by atoms with Gasteiger partial charge in [0.25, 0.3) is 5.91 Å². The fourth-order valence-corrected chi connectivity index (χ4v) is 3.73. The van der Waals surface area contributed by atoms with Crippen molar-refractivity contribution in [2.45, 2.75) is 25.9 Å². The third-order valence-electron chi connectivity index (χ3n) is 5.27. The third kappa shape index (κ3) is 4.23. The smallest absolute Gasteiger partial charge is 0.295 e. The molecule has 2 aromatic heterocycles. The van der Waals surface area contributed by atoms with Crippen LogP contribution in [0.1, 0.15) is 36.1 Å². The highest BCUT2D eigenvalue weighted by atomic mass is 16.5. The van der Waals surface area contributed by atoms with Gasteiger partial charge in [-0.25, -0.2) is 4.98 Å². The largest absolute Gasteiger partial charge is 0.872 e. The van der Waals surface area contributed by atoms with E-state index in [0.717, 1.165) is 12.0 Å². The van der Waals surface area contributed by atoms with Gasteiger partial charge in [-0.15, -0.1) is 0 Å². The molecule has 3 aromatic rings. The summed E-state index contributed by atoms with van der Waals surface area (Å²) in [6.45, 7) is 2.78. The molecule has 1 saturated heterocycles. The predicted octanol–water partition coefficient (Wildman–Crippen LogP) is 2.11. The number of carbonyl (C=O) groups is 2. The van der Waals surface area contributed by atoms with Crippen molar-refractivity contribution in [1.82, 2.24) is 9.88 Å². The molecule has 0 aliphatic carbocycles. The minimum Gasteiger partial charge on any atom is -0.872 e. The van der Waals surface area contributed by atoms with Crippen LogP contribution in [-0.4, -0.2) is 28.2 Å². The summed E-state index contributed by atoms with van der Waals surface area (Å²) in [5.74, 6) is -1.28. The predicted molar refractivity (Wildman–Crippen MR) is 115 cm³/mol. The summed E-state index contributed by atoms with van der Waals surface area (Å²) in [5.41, 5.74) is 1.76. The molecule has 1 fully saturated rings. The Labute approximate surface area is 186 Å². The summed E-state index contributed by atoms with van der Waals surface area (Å²) in [6, 6.07) is 13.0. The number of H-pyrrole nitrogens is 1. The van der Waals surface area contributed by atoms with Gasteiger partial charge in [-0.05, 0) is 47.9 Å². The van der Waals surface area contributed by atoms with Crippen LogP contribution < -0.4 is 14.8 Å². The second kappa shape index (κ2) is 9.43. The molecular formula is C25H23N3O4. The molecule has 7 nitrogen and oxygen atoms in total. The van der Waals surface area contributed by atoms with E-state index in [-0.39, 0.29) is 12.1 Å². The van der Waals surface area contributed by atoms with E-state index in [9.17, 15) is 14.7 Å². The third-order valence-corrected chi connectivity index (χ3v) is 5.27. The maximum Gasteiger partial charge on any atom is 0.295 e. The van der Waals surface area contributed by atoms with Crippen molar-refractivity contribution >= 4 is 17.4 Å². The van der Waals surface area contributed by atoms with Crippen LogP contribution in [-0.2, 0) is 16.1 Å². The lowest BCUT2D eigenvalue weighted by Crippen LogP contribution is -2.29. The molecule has 1 N–H and O–H groups in total. The fraction of sp³-hybridized carbons (Fsp3) is 0.200. The Morgan fingerprint density at radius 2 is 1.88 bits per heavy atom. The summed E-state index contributed by atoms with van der Waals surface area (Å²) in [6.07, 6.45) is 7.56. The molecule has 7 heteroatoms. The standard InChI is InChI=1S/C25H23N3O4/c1-2-14-32-20-7-5-19(6-8-20)23(29)21-22(18-9-12-26-13-10-18)28(25(31)24(21)30)16-17-4-3-11-27-15-17/h3-13,15,22,29H,2,14,16H2,1H3/b23-21+. The number of likely N-dealkylation sites (tertiary alicyclic amines) is 1. The van der Waals surface area contributed by atoms with E-state index in [4.69, 9.17) is 4.74 Å². The van der Waals surface area contributed by atoms with Crippen molar-refractivity contribution < 1.29 is 24.4 Å². The first kappa shape index (κ1) is 21.2. The van der Waals surface area contributed by atoms with Crippen LogP contribution in [0.4, 0.5) is 0 Å². The monoisotopic (exact) mass is 429 g/mol. The molecule has 1 unspecified atom stereocenters. The number of ketones is 1. The number of benzene rings is 1. The zero-order valence-corrected chi connectivity index (χ0v) is 17.7. The first-order valence-corrected chi connectivity index (χ1v) is 10.4. The van der Waals surface area contributed by atoms with Crippen molar-refractivity contribution in [3.63, 3.8) is 0 Å². The first-order valence-electron chi connectivity index (χ1n) is 10.4. The molecule has 0 saturated carbocycles. The number of nitrogens with one attached hydrogen (secondary N) is 1. The van der Waals surface area contributed by atoms with Gasteiger partial charge in [0.2, 0.25) is 5.78 Å². The number of carbonyl (C=O) groups excluding carboxylic acids is 2. The molecule has 32 heavy (non-hydrogen) atoms. The number of hydrogen-bond acceptors (Lipinski definition) is 5. The van der Waals surface area contributed by atoms with Gasteiger partial charge in [0, 0.05) is 29.6 Å². The van der Waals surface area contributed by atoms with E-state index in [1.807, 2.05) is 19.1 Å². The number of pyridine rings is 2. The molecule has 1 atom stereocenters. The summed E-state index contributed by atoms with van der Waals surface area (Å²) < 4.78 is 5.57.